The Labute approximate surface area is 105 Å². The van der Waals surface area contributed by atoms with Crippen LogP contribution in [0.3, 0.4) is 0 Å². The number of anilines is 1. The van der Waals surface area contributed by atoms with Crippen molar-refractivity contribution in [2.75, 3.05) is 19.8 Å². The van der Waals surface area contributed by atoms with Crippen LogP contribution in [0, 0.1) is 0 Å². The fourth-order valence-electron chi connectivity index (χ4n) is 1.48. The monoisotopic (exact) mass is 252 g/mol. The van der Waals surface area contributed by atoms with Crippen LogP contribution in [-0.4, -0.2) is 42.1 Å². The van der Waals surface area contributed by atoms with Gasteiger partial charge in [-0.25, -0.2) is 4.79 Å². The number of likely N-dealkylation sites (N-methyl/N-ethyl adjacent to an activating group) is 1. The number of aromatic carboxylic acids is 1. The van der Waals surface area contributed by atoms with Crippen LogP contribution in [0.15, 0.2) is 18.2 Å². The second-order valence-corrected chi connectivity index (χ2v) is 4.02. The van der Waals surface area contributed by atoms with Crippen molar-refractivity contribution < 1.29 is 19.4 Å². The van der Waals surface area contributed by atoms with Crippen molar-refractivity contribution in [1.82, 2.24) is 4.90 Å². The Kier molecular flexibility index (Phi) is 4.14. The lowest BCUT2D eigenvalue weighted by Gasteiger charge is -2.19. The fraction of sp³-hybridized carbons (Fsp3) is 0.333. The summed E-state index contributed by atoms with van der Waals surface area (Å²) in [5.74, 6) is -1.36. The summed E-state index contributed by atoms with van der Waals surface area (Å²) in [6.45, 7) is 1.55. The first-order valence-corrected chi connectivity index (χ1v) is 5.34. The Morgan fingerprint density at radius 3 is 2.50 bits per heavy atom. The molecular weight excluding hydrogens is 236 g/mol. The molecule has 0 saturated heterocycles. The summed E-state index contributed by atoms with van der Waals surface area (Å²) in [4.78, 5) is 24.1. The predicted octanol–water partition coefficient (Wildman–Crippen LogP) is 0.823. The van der Waals surface area contributed by atoms with Gasteiger partial charge < -0.3 is 20.5 Å². The van der Waals surface area contributed by atoms with E-state index >= 15 is 0 Å². The maximum absolute atomic E-state index is 11.6. The van der Waals surface area contributed by atoms with E-state index in [9.17, 15) is 9.59 Å². The summed E-state index contributed by atoms with van der Waals surface area (Å²) < 4.78 is 5.36. The molecule has 98 valence electrons. The molecule has 0 aliphatic heterocycles. The van der Waals surface area contributed by atoms with Gasteiger partial charge in [0.05, 0.1) is 0 Å². The summed E-state index contributed by atoms with van der Waals surface area (Å²) in [5, 5.41) is 9.05. The highest BCUT2D eigenvalue weighted by Gasteiger charge is 2.21. The average molecular weight is 252 g/mol. The standard InChI is InChI=1S/C12H16N2O4/c1-7(11(15)14(2)3)18-9-6-4-5-8(13)10(9)12(16)17/h4-7H,13H2,1-3H3,(H,16,17). The normalized spacial score (nSPS) is 11.7. The lowest BCUT2D eigenvalue weighted by molar-refractivity contribution is -0.135. The summed E-state index contributed by atoms with van der Waals surface area (Å²) in [6, 6.07) is 4.51. The number of carbonyl (C=O) groups is 2. The summed E-state index contributed by atoms with van der Waals surface area (Å²) in [5.41, 5.74) is 5.55. The molecule has 1 aromatic carbocycles. The minimum absolute atomic E-state index is 0.0881. The second-order valence-electron chi connectivity index (χ2n) is 4.02. The summed E-state index contributed by atoms with van der Waals surface area (Å²) >= 11 is 0. The molecule has 1 atom stereocenters. The Hall–Kier alpha value is -2.24. The van der Waals surface area contributed by atoms with Gasteiger partial charge in [0.2, 0.25) is 0 Å². The van der Waals surface area contributed by atoms with Crippen molar-refractivity contribution >= 4 is 17.6 Å². The largest absolute Gasteiger partial charge is 0.480 e. The topological polar surface area (TPSA) is 92.9 Å². The Balaban J connectivity index is 3.01. The molecule has 18 heavy (non-hydrogen) atoms. The van der Waals surface area contributed by atoms with E-state index in [-0.39, 0.29) is 22.9 Å². The second kappa shape index (κ2) is 5.39. The first-order valence-electron chi connectivity index (χ1n) is 5.34. The van der Waals surface area contributed by atoms with E-state index in [1.807, 2.05) is 0 Å². The molecule has 0 spiro atoms. The number of rotatable bonds is 4. The van der Waals surface area contributed by atoms with Crippen molar-refractivity contribution in [1.29, 1.82) is 0 Å². The first-order chi connectivity index (χ1) is 8.34. The number of ether oxygens (including phenoxy) is 1. The molecule has 0 aliphatic carbocycles. The molecule has 0 saturated carbocycles. The zero-order valence-corrected chi connectivity index (χ0v) is 10.5. The van der Waals surface area contributed by atoms with E-state index in [1.54, 1.807) is 27.1 Å². The van der Waals surface area contributed by atoms with Crippen LogP contribution >= 0.6 is 0 Å². The van der Waals surface area contributed by atoms with Gasteiger partial charge in [-0.05, 0) is 19.1 Å². The van der Waals surface area contributed by atoms with Crippen LogP contribution in [0.4, 0.5) is 5.69 Å². The van der Waals surface area contributed by atoms with Gasteiger partial charge in [-0.3, -0.25) is 4.79 Å². The average Bonchev–Trinajstić information content (AvgIpc) is 2.27. The van der Waals surface area contributed by atoms with Crippen LogP contribution in [0.25, 0.3) is 0 Å². The van der Waals surface area contributed by atoms with Crippen LogP contribution in [0.5, 0.6) is 5.75 Å². The highest BCUT2D eigenvalue weighted by Crippen LogP contribution is 2.25. The predicted molar refractivity (Wildman–Crippen MR) is 66.6 cm³/mol. The SMILES string of the molecule is CC(Oc1cccc(N)c1C(=O)O)C(=O)N(C)C. The van der Waals surface area contributed by atoms with Crippen LogP contribution in [0.1, 0.15) is 17.3 Å². The number of nitrogens with two attached hydrogens (primary N) is 1. The third kappa shape index (κ3) is 2.91. The van der Waals surface area contributed by atoms with E-state index < -0.39 is 12.1 Å². The van der Waals surface area contributed by atoms with Gasteiger partial charge >= 0.3 is 5.97 Å². The molecule has 0 radical (unpaired) electrons. The number of carboxylic acids is 1. The maximum Gasteiger partial charge on any atom is 0.341 e. The molecule has 0 aliphatic rings. The number of amides is 1. The van der Waals surface area contributed by atoms with Gasteiger partial charge in [-0.2, -0.15) is 0 Å². The lowest BCUT2D eigenvalue weighted by atomic mass is 10.1. The van der Waals surface area contributed by atoms with Gasteiger partial charge in [0.1, 0.15) is 11.3 Å². The van der Waals surface area contributed by atoms with Crippen molar-refractivity contribution in [2.45, 2.75) is 13.0 Å². The maximum atomic E-state index is 11.6. The number of carboxylic acid groups (broad SMARTS) is 1. The molecule has 0 aromatic heterocycles. The summed E-state index contributed by atoms with van der Waals surface area (Å²) in [6.07, 6.45) is -0.778. The molecule has 0 bridgehead atoms. The number of nitrogens with zero attached hydrogens (tertiary/aromatic N) is 1. The number of carbonyl (C=O) groups excluding carboxylic acids is 1. The van der Waals surface area contributed by atoms with Crippen molar-refractivity contribution in [3.8, 4) is 5.75 Å². The van der Waals surface area contributed by atoms with Gasteiger partial charge in [0.25, 0.3) is 5.91 Å². The number of hydrogen-bond donors (Lipinski definition) is 2. The van der Waals surface area contributed by atoms with Gasteiger partial charge in [0.15, 0.2) is 6.10 Å². The van der Waals surface area contributed by atoms with Crippen LogP contribution in [0.2, 0.25) is 0 Å². The highest BCUT2D eigenvalue weighted by molar-refractivity contribution is 5.97. The smallest absolute Gasteiger partial charge is 0.341 e. The molecule has 3 N–H and O–H groups in total. The third-order valence-electron chi connectivity index (χ3n) is 2.36. The van der Waals surface area contributed by atoms with E-state index in [1.165, 1.54) is 17.0 Å². The molecular formula is C12H16N2O4. The lowest BCUT2D eigenvalue weighted by Crippen LogP contribution is -2.35. The minimum Gasteiger partial charge on any atom is -0.480 e. The number of hydrogen-bond acceptors (Lipinski definition) is 4. The molecule has 6 nitrogen and oxygen atoms in total. The van der Waals surface area contributed by atoms with E-state index in [2.05, 4.69) is 0 Å². The number of nitrogen functional groups attached to an aromatic ring is 1. The highest BCUT2D eigenvalue weighted by atomic mass is 16.5. The molecule has 6 heteroatoms. The minimum atomic E-state index is -1.19. The van der Waals surface area contributed by atoms with Crippen molar-refractivity contribution in [3.05, 3.63) is 23.8 Å². The Morgan fingerprint density at radius 2 is 2.00 bits per heavy atom. The van der Waals surface area contributed by atoms with Gasteiger partial charge in [0, 0.05) is 19.8 Å². The fourth-order valence-corrected chi connectivity index (χ4v) is 1.48. The Morgan fingerprint density at radius 1 is 1.39 bits per heavy atom. The number of benzene rings is 1. The van der Waals surface area contributed by atoms with E-state index in [0.29, 0.717) is 0 Å². The zero-order chi connectivity index (χ0) is 13.9. The van der Waals surface area contributed by atoms with Gasteiger partial charge in [-0.15, -0.1) is 0 Å². The molecule has 0 heterocycles. The van der Waals surface area contributed by atoms with E-state index in [4.69, 9.17) is 15.6 Å². The van der Waals surface area contributed by atoms with Crippen LogP contribution < -0.4 is 10.5 Å². The zero-order valence-electron chi connectivity index (χ0n) is 10.5. The molecule has 0 fully saturated rings. The molecule has 1 aromatic rings. The third-order valence-corrected chi connectivity index (χ3v) is 2.36. The Bertz CT molecular complexity index is 471. The quantitative estimate of drug-likeness (QED) is 0.774. The van der Waals surface area contributed by atoms with E-state index in [0.717, 1.165) is 0 Å². The molecule has 1 amide bonds. The van der Waals surface area contributed by atoms with Crippen molar-refractivity contribution in [2.24, 2.45) is 0 Å². The van der Waals surface area contributed by atoms with Crippen LogP contribution in [-0.2, 0) is 4.79 Å². The van der Waals surface area contributed by atoms with Crippen molar-refractivity contribution in [3.63, 3.8) is 0 Å². The summed E-state index contributed by atoms with van der Waals surface area (Å²) in [7, 11) is 3.19. The van der Waals surface area contributed by atoms with Gasteiger partial charge in [-0.1, -0.05) is 6.07 Å². The molecule has 1 unspecified atom stereocenters. The first kappa shape index (κ1) is 13.8. The molecule has 1 rings (SSSR count).